The fraction of sp³-hybridized carbons (Fsp3) is 0.500. The normalized spacial score (nSPS) is 10.4. The monoisotopic (exact) mass is 250 g/mol. The highest BCUT2D eigenvalue weighted by molar-refractivity contribution is 5.77. The van der Waals surface area contributed by atoms with Crippen molar-refractivity contribution in [3.8, 4) is 5.75 Å². The van der Waals surface area contributed by atoms with Gasteiger partial charge >= 0.3 is 0 Å². The van der Waals surface area contributed by atoms with Crippen molar-refractivity contribution in [3.05, 3.63) is 29.8 Å². The van der Waals surface area contributed by atoms with Gasteiger partial charge in [0.1, 0.15) is 5.75 Å². The number of hydrogen-bond donors (Lipinski definition) is 2. The van der Waals surface area contributed by atoms with E-state index >= 15 is 0 Å². The Hall–Kier alpha value is -1.55. The number of rotatable bonds is 7. The lowest BCUT2D eigenvalue weighted by atomic mass is 10.2. The Kier molecular flexibility index (Phi) is 6.22. The van der Waals surface area contributed by atoms with Crippen LogP contribution in [0.25, 0.3) is 0 Å². The molecule has 1 aromatic carbocycles. The van der Waals surface area contributed by atoms with Crippen molar-refractivity contribution >= 4 is 5.91 Å². The molecule has 0 saturated carbocycles. The lowest BCUT2D eigenvalue weighted by Crippen LogP contribution is -2.24. The minimum absolute atomic E-state index is 0.0570. The van der Waals surface area contributed by atoms with Crippen LogP contribution in [0.4, 0.5) is 0 Å². The SMILES string of the molecule is CNC(=O)COc1ccc(CNCC(C)C)cc1. The molecule has 1 rings (SSSR count). The summed E-state index contributed by atoms with van der Waals surface area (Å²) in [6.07, 6.45) is 0. The van der Waals surface area contributed by atoms with Crippen molar-refractivity contribution in [2.75, 3.05) is 20.2 Å². The number of hydrogen-bond acceptors (Lipinski definition) is 3. The van der Waals surface area contributed by atoms with Gasteiger partial charge in [-0.05, 0) is 30.2 Å². The molecule has 0 atom stereocenters. The number of carbonyl (C=O) groups excluding carboxylic acids is 1. The summed E-state index contributed by atoms with van der Waals surface area (Å²) in [5.74, 6) is 1.24. The number of carbonyl (C=O) groups is 1. The first-order chi connectivity index (χ1) is 8.61. The molecule has 0 aromatic heterocycles. The van der Waals surface area contributed by atoms with Crippen molar-refractivity contribution in [3.63, 3.8) is 0 Å². The minimum atomic E-state index is -0.127. The number of benzene rings is 1. The summed E-state index contributed by atoms with van der Waals surface area (Å²) >= 11 is 0. The van der Waals surface area contributed by atoms with Crippen LogP contribution in [-0.4, -0.2) is 26.1 Å². The Morgan fingerprint density at radius 2 is 1.94 bits per heavy atom. The molecule has 1 amide bonds. The fourth-order valence-electron chi connectivity index (χ4n) is 1.43. The predicted molar refractivity (Wildman–Crippen MR) is 72.5 cm³/mol. The molecule has 4 heteroatoms. The molecule has 0 radical (unpaired) electrons. The topological polar surface area (TPSA) is 50.4 Å². The Morgan fingerprint density at radius 3 is 2.50 bits per heavy atom. The number of nitrogens with one attached hydrogen (secondary N) is 2. The maximum absolute atomic E-state index is 11.0. The van der Waals surface area contributed by atoms with E-state index in [9.17, 15) is 4.79 Å². The molecule has 100 valence electrons. The predicted octanol–water partition coefficient (Wildman–Crippen LogP) is 1.56. The second kappa shape index (κ2) is 7.71. The summed E-state index contributed by atoms with van der Waals surface area (Å²) in [6, 6.07) is 7.78. The van der Waals surface area contributed by atoms with E-state index in [1.807, 2.05) is 24.3 Å². The van der Waals surface area contributed by atoms with Crippen LogP contribution in [0.5, 0.6) is 5.75 Å². The first kappa shape index (κ1) is 14.5. The number of likely N-dealkylation sites (N-methyl/N-ethyl adjacent to an activating group) is 1. The Labute approximate surface area is 109 Å². The van der Waals surface area contributed by atoms with Gasteiger partial charge in [-0.15, -0.1) is 0 Å². The molecule has 2 N–H and O–H groups in total. The molecular weight excluding hydrogens is 228 g/mol. The minimum Gasteiger partial charge on any atom is -0.484 e. The van der Waals surface area contributed by atoms with Crippen LogP contribution in [0, 0.1) is 5.92 Å². The summed E-state index contributed by atoms with van der Waals surface area (Å²) in [5, 5.41) is 5.89. The van der Waals surface area contributed by atoms with Gasteiger partial charge in [-0.1, -0.05) is 26.0 Å². The van der Waals surface area contributed by atoms with Gasteiger partial charge in [0.2, 0.25) is 0 Å². The highest BCUT2D eigenvalue weighted by Crippen LogP contribution is 2.11. The van der Waals surface area contributed by atoms with E-state index in [1.165, 1.54) is 5.56 Å². The highest BCUT2D eigenvalue weighted by Gasteiger charge is 2.00. The largest absolute Gasteiger partial charge is 0.484 e. The van der Waals surface area contributed by atoms with Crippen LogP contribution in [0.2, 0.25) is 0 Å². The fourth-order valence-corrected chi connectivity index (χ4v) is 1.43. The van der Waals surface area contributed by atoms with Crippen LogP contribution in [0.3, 0.4) is 0 Å². The molecule has 4 nitrogen and oxygen atoms in total. The van der Waals surface area contributed by atoms with Crippen LogP contribution in [0.15, 0.2) is 24.3 Å². The summed E-state index contributed by atoms with van der Waals surface area (Å²) in [6.45, 7) is 6.29. The highest BCUT2D eigenvalue weighted by atomic mass is 16.5. The Morgan fingerprint density at radius 1 is 1.28 bits per heavy atom. The van der Waals surface area contributed by atoms with Crippen molar-refractivity contribution < 1.29 is 9.53 Å². The van der Waals surface area contributed by atoms with Gasteiger partial charge in [-0.3, -0.25) is 4.79 Å². The Balaban J connectivity index is 2.35. The van der Waals surface area contributed by atoms with E-state index in [2.05, 4.69) is 24.5 Å². The zero-order chi connectivity index (χ0) is 13.4. The van der Waals surface area contributed by atoms with Gasteiger partial charge in [0.25, 0.3) is 5.91 Å². The number of ether oxygens (including phenoxy) is 1. The van der Waals surface area contributed by atoms with Gasteiger partial charge in [-0.2, -0.15) is 0 Å². The molecule has 0 bridgehead atoms. The van der Waals surface area contributed by atoms with E-state index in [4.69, 9.17) is 4.74 Å². The lowest BCUT2D eigenvalue weighted by molar-refractivity contribution is -0.122. The average molecular weight is 250 g/mol. The Bertz CT molecular complexity index is 361. The van der Waals surface area contributed by atoms with E-state index in [-0.39, 0.29) is 12.5 Å². The maximum atomic E-state index is 11.0. The first-order valence-electron chi connectivity index (χ1n) is 6.25. The molecule has 1 aromatic rings. The third kappa shape index (κ3) is 5.68. The average Bonchev–Trinajstić information content (AvgIpc) is 2.37. The van der Waals surface area contributed by atoms with Gasteiger partial charge in [0.05, 0.1) is 0 Å². The summed E-state index contributed by atoms with van der Waals surface area (Å²) in [5.41, 5.74) is 1.21. The molecule has 0 aliphatic carbocycles. The molecule has 0 aliphatic rings. The molecule has 0 heterocycles. The zero-order valence-electron chi connectivity index (χ0n) is 11.3. The van der Waals surface area contributed by atoms with Crippen LogP contribution < -0.4 is 15.4 Å². The van der Waals surface area contributed by atoms with E-state index in [0.29, 0.717) is 11.7 Å². The molecule has 0 fully saturated rings. The van der Waals surface area contributed by atoms with Crippen molar-refractivity contribution in [2.45, 2.75) is 20.4 Å². The molecule has 0 spiro atoms. The molecule has 0 saturated heterocycles. The number of amides is 1. The molecule has 18 heavy (non-hydrogen) atoms. The summed E-state index contributed by atoms with van der Waals surface area (Å²) in [7, 11) is 1.59. The van der Waals surface area contributed by atoms with Gasteiger partial charge in [-0.25, -0.2) is 0 Å². The van der Waals surface area contributed by atoms with E-state index in [1.54, 1.807) is 7.05 Å². The molecule has 0 aliphatic heterocycles. The summed E-state index contributed by atoms with van der Waals surface area (Å²) in [4.78, 5) is 11.0. The first-order valence-corrected chi connectivity index (χ1v) is 6.25. The van der Waals surface area contributed by atoms with Crippen LogP contribution in [-0.2, 0) is 11.3 Å². The summed E-state index contributed by atoms with van der Waals surface area (Å²) < 4.78 is 5.32. The second-order valence-corrected chi connectivity index (χ2v) is 4.63. The van der Waals surface area contributed by atoms with Crippen molar-refractivity contribution in [2.24, 2.45) is 5.92 Å². The zero-order valence-corrected chi connectivity index (χ0v) is 11.3. The third-order valence-electron chi connectivity index (χ3n) is 2.45. The molecular formula is C14H22N2O2. The third-order valence-corrected chi connectivity index (χ3v) is 2.45. The standard InChI is InChI=1S/C14H22N2O2/c1-11(2)8-16-9-12-4-6-13(7-5-12)18-10-14(17)15-3/h4-7,11,16H,8-10H2,1-3H3,(H,15,17). The lowest BCUT2D eigenvalue weighted by Gasteiger charge is -2.09. The maximum Gasteiger partial charge on any atom is 0.257 e. The van der Waals surface area contributed by atoms with Crippen LogP contribution in [0.1, 0.15) is 19.4 Å². The van der Waals surface area contributed by atoms with Crippen LogP contribution >= 0.6 is 0 Å². The van der Waals surface area contributed by atoms with Gasteiger partial charge in [0.15, 0.2) is 6.61 Å². The quantitative estimate of drug-likeness (QED) is 0.772. The second-order valence-electron chi connectivity index (χ2n) is 4.63. The van der Waals surface area contributed by atoms with Gasteiger partial charge in [0, 0.05) is 13.6 Å². The van der Waals surface area contributed by atoms with E-state index in [0.717, 1.165) is 13.1 Å². The smallest absolute Gasteiger partial charge is 0.257 e. The van der Waals surface area contributed by atoms with Crippen molar-refractivity contribution in [1.29, 1.82) is 0 Å². The molecule has 0 unspecified atom stereocenters. The van der Waals surface area contributed by atoms with Crippen molar-refractivity contribution in [1.82, 2.24) is 10.6 Å². The van der Waals surface area contributed by atoms with E-state index < -0.39 is 0 Å². The van der Waals surface area contributed by atoms with Gasteiger partial charge < -0.3 is 15.4 Å².